The van der Waals surface area contributed by atoms with E-state index in [1.165, 1.54) is 23.1 Å². The number of ether oxygens (including phenoxy) is 1. The van der Waals surface area contributed by atoms with Gasteiger partial charge in [-0.2, -0.15) is 0 Å². The third-order valence-electron chi connectivity index (χ3n) is 5.20. The van der Waals surface area contributed by atoms with Crippen molar-refractivity contribution in [1.29, 1.82) is 0 Å². The van der Waals surface area contributed by atoms with Crippen LogP contribution < -0.4 is 4.90 Å². The fourth-order valence-corrected chi connectivity index (χ4v) is 3.82. The molecule has 2 aromatic carbocycles. The second-order valence-corrected chi connectivity index (χ2v) is 6.71. The molecule has 0 spiro atoms. The highest BCUT2D eigenvalue weighted by atomic mass is 16.5. The summed E-state index contributed by atoms with van der Waals surface area (Å²) in [6.45, 7) is 0.440. The number of nitrogens with zero attached hydrogens (tertiary/aromatic N) is 1. The molecule has 0 fully saturated rings. The molecule has 1 aliphatic carbocycles. The van der Waals surface area contributed by atoms with Crippen LogP contribution in [0.5, 0.6) is 0 Å². The molecule has 0 bridgehead atoms. The van der Waals surface area contributed by atoms with Crippen LogP contribution in [0.4, 0.5) is 5.69 Å². The van der Waals surface area contributed by atoms with E-state index in [1.807, 2.05) is 12.1 Å². The number of benzene rings is 2. The van der Waals surface area contributed by atoms with Crippen LogP contribution in [0.25, 0.3) is 0 Å². The highest BCUT2D eigenvalue weighted by Gasteiger charge is 2.30. The molecule has 4 rings (SSSR count). The van der Waals surface area contributed by atoms with Crippen molar-refractivity contribution < 1.29 is 19.1 Å². The molecule has 0 saturated carbocycles. The van der Waals surface area contributed by atoms with E-state index in [0.717, 1.165) is 24.8 Å². The zero-order valence-corrected chi connectivity index (χ0v) is 14.6. The van der Waals surface area contributed by atoms with Crippen LogP contribution in [-0.4, -0.2) is 31.3 Å². The van der Waals surface area contributed by atoms with Crippen molar-refractivity contribution in [2.24, 2.45) is 0 Å². The summed E-state index contributed by atoms with van der Waals surface area (Å²) in [5.74, 6) is -1.41. The highest BCUT2D eigenvalue weighted by molar-refractivity contribution is 6.47. The van der Waals surface area contributed by atoms with Crippen LogP contribution in [0.15, 0.2) is 36.4 Å². The summed E-state index contributed by atoms with van der Waals surface area (Å²) in [7, 11) is 1.33. The molecule has 0 unspecified atom stereocenters. The molecule has 26 heavy (non-hydrogen) atoms. The maximum absolute atomic E-state index is 12.8. The Morgan fingerprint density at radius 3 is 2.42 bits per heavy atom. The Labute approximate surface area is 151 Å². The lowest BCUT2D eigenvalue weighted by molar-refractivity contribution is -0.114. The average Bonchev–Trinajstić information content (AvgIpc) is 3.31. The van der Waals surface area contributed by atoms with Gasteiger partial charge in [-0.3, -0.25) is 9.59 Å². The number of amides is 1. The van der Waals surface area contributed by atoms with Crippen molar-refractivity contribution in [3.63, 3.8) is 0 Å². The van der Waals surface area contributed by atoms with Gasteiger partial charge in [0.05, 0.1) is 12.7 Å². The molecule has 0 saturated heterocycles. The molecule has 0 atom stereocenters. The van der Waals surface area contributed by atoms with E-state index in [2.05, 4.69) is 0 Å². The number of hydrogen-bond donors (Lipinski definition) is 0. The highest BCUT2D eigenvalue weighted by Crippen LogP contribution is 2.30. The number of anilines is 1. The number of rotatable bonds is 3. The van der Waals surface area contributed by atoms with E-state index in [0.29, 0.717) is 29.8 Å². The Bertz CT molecular complexity index is 932. The molecule has 5 nitrogen and oxygen atoms in total. The first kappa shape index (κ1) is 16.5. The van der Waals surface area contributed by atoms with E-state index in [-0.39, 0.29) is 0 Å². The van der Waals surface area contributed by atoms with Crippen molar-refractivity contribution >= 4 is 23.3 Å². The number of carbonyl (C=O) groups is 3. The zero-order chi connectivity index (χ0) is 18.3. The minimum absolute atomic E-state index is 0.410. The van der Waals surface area contributed by atoms with Gasteiger partial charge >= 0.3 is 5.97 Å². The predicted octanol–water partition coefficient (Wildman–Crippen LogP) is 2.73. The number of Topliss-reactive ketones (excluding diaryl/α,β-unsaturated/α-hetero) is 1. The van der Waals surface area contributed by atoms with Crippen molar-refractivity contribution in [1.82, 2.24) is 0 Å². The van der Waals surface area contributed by atoms with Crippen LogP contribution in [0.1, 0.15) is 43.8 Å². The fourth-order valence-electron chi connectivity index (χ4n) is 3.82. The lowest BCUT2D eigenvalue weighted by Gasteiger charge is -2.17. The third kappa shape index (κ3) is 2.69. The van der Waals surface area contributed by atoms with Gasteiger partial charge in [0.25, 0.3) is 11.7 Å². The summed E-state index contributed by atoms with van der Waals surface area (Å²) in [4.78, 5) is 38.6. The molecule has 2 aliphatic rings. The average molecular weight is 349 g/mol. The van der Waals surface area contributed by atoms with E-state index < -0.39 is 17.7 Å². The van der Waals surface area contributed by atoms with Gasteiger partial charge in [-0.25, -0.2) is 4.79 Å². The summed E-state index contributed by atoms with van der Waals surface area (Å²) in [5.41, 5.74) is 4.92. The van der Waals surface area contributed by atoms with Crippen LogP contribution in [0.2, 0.25) is 0 Å². The lowest BCUT2D eigenvalue weighted by Crippen LogP contribution is -2.35. The van der Waals surface area contributed by atoms with Gasteiger partial charge < -0.3 is 9.64 Å². The summed E-state index contributed by atoms with van der Waals surface area (Å²) in [5, 5.41) is 0. The third-order valence-corrected chi connectivity index (χ3v) is 5.20. The minimum Gasteiger partial charge on any atom is -0.465 e. The van der Waals surface area contributed by atoms with E-state index in [4.69, 9.17) is 4.74 Å². The Kier molecular flexibility index (Phi) is 4.07. The number of methoxy groups -OCH3 is 1. The SMILES string of the molecule is COC(=O)c1ccc2c(c1)CCN2C(=O)C(=O)c1ccc2c(c1)CCC2. The minimum atomic E-state index is -0.521. The lowest BCUT2D eigenvalue weighted by atomic mass is 10.0. The normalized spacial score (nSPS) is 14.7. The first-order chi connectivity index (χ1) is 12.6. The summed E-state index contributed by atoms with van der Waals surface area (Å²) in [6.07, 6.45) is 3.72. The molecule has 0 radical (unpaired) electrons. The van der Waals surface area contributed by atoms with E-state index >= 15 is 0 Å². The number of esters is 1. The first-order valence-corrected chi connectivity index (χ1v) is 8.77. The van der Waals surface area contributed by atoms with Gasteiger partial charge in [-0.1, -0.05) is 12.1 Å². The standard InChI is InChI=1S/C21H19NO4/c1-26-21(25)17-7-8-18-15(12-17)9-10-22(18)20(24)19(23)16-6-5-13-3-2-4-14(13)11-16/h5-8,11-12H,2-4,9-10H2,1H3. The smallest absolute Gasteiger partial charge is 0.337 e. The number of fused-ring (bicyclic) bond motifs is 2. The quantitative estimate of drug-likeness (QED) is 0.486. The molecule has 1 amide bonds. The Morgan fingerprint density at radius 1 is 0.885 bits per heavy atom. The largest absolute Gasteiger partial charge is 0.465 e. The van der Waals surface area contributed by atoms with Gasteiger partial charge in [0.15, 0.2) is 0 Å². The number of aryl methyl sites for hydroxylation is 2. The van der Waals surface area contributed by atoms with Crippen molar-refractivity contribution in [3.8, 4) is 0 Å². The van der Waals surface area contributed by atoms with Gasteiger partial charge in [-0.15, -0.1) is 0 Å². The fraction of sp³-hybridized carbons (Fsp3) is 0.286. The van der Waals surface area contributed by atoms with Crippen molar-refractivity contribution in [2.45, 2.75) is 25.7 Å². The Balaban J connectivity index is 1.58. The molecule has 1 heterocycles. The van der Waals surface area contributed by atoms with Gasteiger partial charge in [0.1, 0.15) is 0 Å². The molecule has 0 aromatic heterocycles. The van der Waals surface area contributed by atoms with Crippen molar-refractivity contribution in [2.75, 3.05) is 18.6 Å². The van der Waals surface area contributed by atoms with Gasteiger partial charge in [0, 0.05) is 17.8 Å². The van der Waals surface area contributed by atoms with E-state index in [1.54, 1.807) is 24.3 Å². The molecule has 2 aromatic rings. The van der Waals surface area contributed by atoms with Gasteiger partial charge in [0.2, 0.25) is 0 Å². The Hall–Kier alpha value is -2.95. The molecule has 1 aliphatic heterocycles. The van der Waals surface area contributed by atoms with Crippen LogP contribution in [0.3, 0.4) is 0 Å². The van der Waals surface area contributed by atoms with Gasteiger partial charge in [-0.05, 0) is 66.6 Å². The zero-order valence-electron chi connectivity index (χ0n) is 14.6. The monoisotopic (exact) mass is 349 g/mol. The predicted molar refractivity (Wildman–Crippen MR) is 96.6 cm³/mol. The summed E-state index contributed by atoms with van der Waals surface area (Å²) in [6, 6.07) is 10.6. The van der Waals surface area contributed by atoms with E-state index in [9.17, 15) is 14.4 Å². The Morgan fingerprint density at radius 2 is 1.62 bits per heavy atom. The summed E-state index contributed by atoms with van der Waals surface area (Å²) >= 11 is 0. The second-order valence-electron chi connectivity index (χ2n) is 6.71. The second kappa shape index (κ2) is 6.41. The summed E-state index contributed by atoms with van der Waals surface area (Å²) < 4.78 is 4.73. The first-order valence-electron chi connectivity index (χ1n) is 8.77. The van der Waals surface area contributed by atoms with Crippen molar-refractivity contribution in [3.05, 3.63) is 64.2 Å². The molecule has 0 N–H and O–H groups in total. The number of carbonyl (C=O) groups excluding carboxylic acids is 3. The molecular weight excluding hydrogens is 330 g/mol. The maximum atomic E-state index is 12.8. The molecule has 132 valence electrons. The number of hydrogen-bond acceptors (Lipinski definition) is 4. The van der Waals surface area contributed by atoms with Crippen LogP contribution >= 0.6 is 0 Å². The number of ketones is 1. The topological polar surface area (TPSA) is 63.7 Å². The maximum Gasteiger partial charge on any atom is 0.337 e. The molecular formula is C21H19NO4. The van der Waals surface area contributed by atoms with Crippen LogP contribution in [-0.2, 0) is 28.8 Å². The van der Waals surface area contributed by atoms with Crippen LogP contribution in [0, 0.1) is 0 Å². The molecule has 5 heteroatoms.